The third-order valence-electron chi connectivity index (χ3n) is 3.44. The summed E-state index contributed by atoms with van der Waals surface area (Å²) in [6.45, 7) is 1.60. The third kappa shape index (κ3) is 3.23. The van der Waals surface area contributed by atoms with Crippen LogP contribution in [0, 0.1) is 5.82 Å². The quantitative estimate of drug-likeness (QED) is 0.895. The minimum Gasteiger partial charge on any atom is -0.392 e. The van der Waals surface area contributed by atoms with E-state index in [0.29, 0.717) is 11.3 Å². The first-order chi connectivity index (χ1) is 9.11. The van der Waals surface area contributed by atoms with Crippen molar-refractivity contribution in [1.29, 1.82) is 0 Å². The van der Waals surface area contributed by atoms with Gasteiger partial charge in [0.2, 0.25) is 5.91 Å². The second kappa shape index (κ2) is 6.02. The number of likely N-dealkylation sites (N-methyl/N-ethyl adjacent to an activating group) is 1. The number of nitrogens with zero attached hydrogens (tertiary/aromatic N) is 2. The van der Waals surface area contributed by atoms with E-state index in [-0.39, 0.29) is 19.1 Å². The van der Waals surface area contributed by atoms with Gasteiger partial charge in [-0.3, -0.25) is 4.79 Å². The Labute approximate surface area is 112 Å². The van der Waals surface area contributed by atoms with Crippen LogP contribution in [0.1, 0.15) is 18.4 Å². The Morgan fingerprint density at radius 2 is 2.11 bits per heavy atom. The molecule has 1 aromatic rings. The van der Waals surface area contributed by atoms with Crippen molar-refractivity contribution in [2.24, 2.45) is 0 Å². The van der Waals surface area contributed by atoms with Crippen molar-refractivity contribution in [2.75, 3.05) is 31.6 Å². The number of benzene rings is 1. The van der Waals surface area contributed by atoms with E-state index in [1.54, 1.807) is 24.1 Å². The van der Waals surface area contributed by atoms with E-state index < -0.39 is 5.82 Å². The minimum absolute atomic E-state index is 0.0330. The molecule has 0 saturated carbocycles. The summed E-state index contributed by atoms with van der Waals surface area (Å²) in [4.78, 5) is 15.4. The Kier molecular flexibility index (Phi) is 4.37. The van der Waals surface area contributed by atoms with Crippen LogP contribution in [-0.2, 0) is 11.4 Å². The van der Waals surface area contributed by atoms with Crippen LogP contribution in [0.25, 0.3) is 0 Å². The van der Waals surface area contributed by atoms with Gasteiger partial charge in [-0.25, -0.2) is 4.39 Å². The fourth-order valence-corrected chi connectivity index (χ4v) is 2.31. The Morgan fingerprint density at radius 3 is 2.68 bits per heavy atom. The Bertz CT molecular complexity index is 459. The number of aliphatic hydroxyl groups excluding tert-OH is 1. The van der Waals surface area contributed by atoms with Crippen LogP contribution in [0.3, 0.4) is 0 Å². The maximum absolute atomic E-state index is 13.8. The molecule has 1 heterocycles. The van der Waals surface area contributed by atoms with Gasteiger partial charge >= 0.3 is 0 Å². The summed E-state index contributed by atoms with van der Waals surface area (Å²) in [5, 5.41) is 8.94. The monoisotopic (exact) mass is 266 g/mol. The van der Waals surface area contributed by atoms with Gasteiger partial charge in [0, 0.05) is 20.1 Å². The number of carbonyl (C=O) groups excluding carboxylic acids is 1. The third-order valence-corrected chi connectivity index (χ3v) is 3.44. The first-order valence-electron chi connectivity index (χ1n) is 6.50. The van der Waals surface area contributed by atoms with Gasteiger partial charge in [0.15, 0.2) is 0 Å². The Balaban J connectivity index is 2.02. The first-order valence-corrected chi connectivity index (χ1v) is 6.50. The van der Waals surface area contributed by atoms with Crippen molar-refractivity contribution < 1.29 is 14.3 Å². The van der Waals surface area contributed by atoms with E-state index in [9.17, 15) is 9.18 Å². The summed E-state index contributed by atoms with van der Waals surface area (Å²) in [5.41, 5.74) is 0.908. The molecule has 1 fully saturated rings. The average molecular weight is 266 g/mol. The molecular weight excluding hydrogens is 247 g/mol. The predicted molar refractivity (Wildman–Crippen MR) is 71.4 cm³/mol. The second-order valence-corrected chi connectivity index (χ2v) is 4.89. The van der Waals surface area contributed by atoms with Crippen LogP contribution in [0.5, 0.6) is 0 Å². The van der Waals surface area contributed by atoms with Crippen molar-refractivity contribution in [2.45, 2.75) is 19.4 Å². The Morgan fingerprint density at radius 1 is 1.42 bits per heavy atom. The number of rotatable bonds is 4. The molecule has 5 heteroatoms. The number of halogens is 1. The van der Waals surface area contributed by atoms with Crippen molar-refractivity contribution >= 4 is 11.6 Å². The maximum Gasteiger partial charge on any atom is 0.242 e. The van der Waals surface area contributed by atoms with Gasteiger partial charge in [0.25, 0.3) is 0 Å². The first kappa shape index (κ1) is 13.8. The van der Waals surface area contributed by atoms with Crippen LogP contribution >= 0.6 is 0 Å². The minimum atomic E-state index is -0.414. The van der Waals surface area contributed by atoms with Gasteiger partial charge in [-0.2, -0.15) is 0 Å². The number of aliphatic hydroxyl groups is 1. The molecule has 1 amide bonds. The number of hydrogen-bond acceptors (Lipinski definition) is 3. The highest BCUT2D eigenvalue weighted by Gasteiger charge is 2.20. The number of anilines is 1. The molecule has 0 unspecified atom stereocenters. The molecule has 0 spiro atoms. The van der Waals surface area contributed by atoms with Gasteiger partial charge in [-0.05, 0) is 30.5 Å². The lowest BCUT2D eigenvalue weighted by Crippen LogP contribution is -2.37. The normalized spacial score (nSPS) is 14.8. The van der Waals surface area contributed by atoms with Crippen molar-refractivity contribution in [3.63, 3.8) is 0 Å². The van der Waals surface area contributed by atoms with E-state index in [0.717, 1.165) is 25.9 Å². The van der Waals surface area contributed by atoms with Gasteiger partial charge in [0.1, 0.15) is 5.82 Å². The predicted octanol–water partition coefficient (Wildman–Crippen LogP) is 1.38. The van der Waals surface area contributed by atoms with Crippen LogP contribution in [-0.4, -0.2) is 42.6 Å². The molecule has 2 rings (SSSR count). The summed E-state index contributed by atoms with van der Waals surface area (Å²) >= 11 is 0. The summed E-state index contributed by atoms with van der Waals surface area (Å²) in [6.07, 6.45) is 2.10. The standard InChI is InChI=1S/C14H19FN2O2/c1-16(9-14(19)17-6-2-3-7-17)13-5-4-11(10-18)8-12(13)15/h4-5,8,18H,2-3,6-7,9-10H2,1H3. The van der Waals surface area contributed by atoms with Crippen LogP contribution in [0.15, 0.2) is 18.2 Å². The second-order valence-electron chi connectivity index (χ2n) is 4.89. The highest BCUT2D eigenvalue weighted by Crippen LogP contribution is 2.20. The highest BCUT2D eigenvalue weighted by atomic mass is 19.1. The number of hydrogen-bond donors (Lipinski definition) is 1. The topological polar surface area (TPSA) is 43.8 Å². The lowest BCUT2D eigenvalue weighted by atomic mass is 10.2. The molecule has 0 radical (unpaired) electrons. The summed E-state index contributed by atoms with van der Waals surface area (Å²) in [5.74, 6) is -0.381. The molecule has 0 atom stereocenters. The largest absolute Gasteiger partial charge is 0.392 e. The smallest absolute Gasteiger partial charge is 0.242 e. The lowest BCUT2D eigenvalue weighted by molar-refractivity contribution is -0.128. The van der Waals surface area contributed by atoms with Crippen molar-refractivity contribution in [3.05, 3.63) is 29.6 Å². The summed E-state index contributed by atoms with van der Waals surface area (Å²) < 4.78 is 13.8. The molecule has 0 aromatic heterocycles. The number of likely N-dealkylation sites (tertiary alicyclic amines) is 1. The molecule has 104 valence electrons. The zero-order chi connectivity index (χ0) is 13.8. The lowest BCUT2D eigenvalue weighted by Gasteiger charge is -2.23. The van der Waals surface area contributed by atoms with E-state index in [4.69, 9.17) is 5.11 Å². The highest BCUT2D eigenvalue weighted by molar-refractivity contribution is 5.81. The molecule has 1 saturated heterocycles. The molecule has 0 aliphatic carbocycles. The number of amides is 1. The zero-order valence-electron chi connectivity index (χ0n) is 11.1. The van der Waals surface area contributed by atoms with Gasteiger partial charge in [0.05, 0.1) is 18.8 Å². The molecular formula is C14H19FN2O2. The van der Waals surface area contributed by atoms with E-state index in [1.165, 1.54) is 6.07 Å². The Hall–Kier alpha value is -1.62. The van der Waals surface area contributed by atoms with Gasteiger partial charge in [-0.1, -0.05) is 6.07 Å². The maximum atomic E-state index is 13.8. The van der Waals surface area contributed by atoms with Crippen molar-refractivity contribution in [3.8, 4) is 0 Å². The van der Waals surface area contributed by atoms with E-state index >= 15 is 0 Å². The SMILES string of the molecule is CN(CC(=O)N1CCCC1)c1ccc(CO)cc1F. The zero-order valence-corrected chi connectivity index (χ0v) is 11.1. The van der Waals surface area contributed by atoms with Crippen LogP contribution in [0.2, 0.25) is 0 Å². The van der Waals surface area contributed by atoms with Crippen LogP contribution < -0.4 is 4.90 Å². The fourth-order valence-electron chi connectivity index (χ4n) is 2.31. The number of carbonyl (C=O) groups is 1. The van der Waals surface area contributed by atoms with Crippen LogP contribution in [0.4, 0.5) is 10.1 Å². The molecule has 4 nitrogen and oxygen atoms in total. The van der Waals surface area contributed by atoms with Gasteiger partial charge < -0.3 is 14.9 Å². The molecule has 19 heavy (non-hydrogen) atoms. The summed E-state index contributed by atoms with van der Waals surface area (Å²) in [7, 11) is 1.70. The molecule has 1 aromatic carbocycles. The van der Waals surface area contributed by atoms with Crippen molar-refractivity contribution in [1.82, 2.24) is 4.90 Å². The van der Waals surface area contributed by atoms with E-state index in [1.807, 2.05) is 4.90 Å². The van der Waals surface area contributed by atoms with E-state index in [2.05, 4.69) is 0 Å². The molecule has 1 aliphatic rings. The molecule has 1 aliphatic heterocycles. The molecule has 1 N–H and O–H groups in total. The summed E-state index contributed by atoms with van der Waals surface area (Å²) in [6, 6.07) is 4.56. The fraction of sp³-hybridized carbons (Fsp3) is 0.500. The van der Waals surface area contributed by atoms with Gasteiger partial charge in [-0.15, -0.1) is 0 Å². The molecule has 0 bridgehead atoms. The average Bonchev–Trinajstić information content (AvgIpc) is 2.92.